The average Bonchev–Trinajstić information content (AvgIpc) is 2.55. The van der Waals surface area contributed by atoms with Crippen LogP contribution in [-0.2, 0) is 10.0 Å². The van der Waals surface area contributed by atoms with E-state index in [0.29, 0.717) is 54.1 Å². The molecule has 1 aromatic carbocycles. The van der Waals surface area contributed by atoms with Crippen LogP contribution in [0.2, 0.25) is 0 Å². The highest BCUT2D eigenvalue weighted by Crippen LogP contribution is 2.30. The predicted molar refractivity (Wildman–Crippen MR) is 83.6 cm³/mol. The predicted octanol–water partition coefficient (Wildman–Crippen LogP) is 1.81. The number of benzene rings is 1. The van der Waals surface area contributed by atoms with Gasteiger partial charge in [-0.15, -0.1) is 0 Å². The normalized spacial score (nSPS) is 24.8. The number of nitrogens with zero attached hydrogens (tertiary/aromatic N) is 1. The highest BCUT2D eigenvalue weighted by Gasteiger charge is 2.33. The molecule has 21 heavy (non-hydrogen) atoms. The topological polar surface area (TPSA) is 83.6 Å². The van der Waals surface area contributed by atoms with Crippen LogP contribution in [0.1, 0.15) is 37.3 Å². The second kappa shape index (κ2) is 5.59. The zero-order chi connectivity index (χ0) is 15.8. The van der Waals surface area contributed by atoms with Gasteiger partial charge in [-0.3, -0.25) is 0 Å². The molecule has 1 aliphatic rings. The van der Waals surface area contributed by atoms with Crippen LogP contribution in [0.15, 0.2) is 17.0 Å². The van der Waals surface area contributed by atoms with Crippen molar-refractivity contribution in [1.82, 2.24) is 4.31 Å². The van der Waals surface area contributed by atoms with E-state index in [9.17, 15) is 13.5 Å². The first-order valence-corrected chi connectivity index (χ1v) is 8.67. The van der Waals surface area contributed by atoms with E-state index >= 15 is 0 Å². The molecule has 3 N–H and O–H groups in total. The molecule has 0 saturated carbocycles. The highest BCUT2D eigenvalue weighted by atomic mass is 32.2. The third kappa shape index (κ3) is 3.22. The van der Waals surface area contributed by atoms with Gasteiger partial charge in [0, 0.05) is 18.8 Å². The highest BCUT2D eigenvalue weighted by molar-refractivity contribution is 7.89. The first-order chi connectivity index (χ1) is 9.65. The Kier molecular flexibility index (Phi) is 4.33. The summed E-state index contributed by atoms with van der Waals surface area (Å²) in [6, 6.07) is 3.47. The Morgan fingerprint density at radius 2 is 1.90 bits per heavy atom. The Morgan fingerprint density at radius 1 is 1.24 bits per heavy atom. The number of aliphatic hydroxyl groups is 1. The van der Waals surface area contributed by atoms with E-state index in [2.05, 4.69) is 0 Å². The number of hydrogen-bond acceptors (Lipinski definition) is 4. The van der Waals surface area contributed by atoms with Gasteiger partial charge < -0.3 is 10.8 Å². The van der Waals surface area contributed by atoms with E-state index in [4.69, 9.17) is 5.73 Å². The Bertz CT molecular complexity index is 639. The SMILES string of the molecule is Cc1ccc(N)c(C)c1S(=O)(=O)N1CCCC(C)(O)CC1. The minimum Gasteiger partial charge on any atom is -0.398 e. The third-order valence-corrected chi connectivity index (χ3v) is 6.45. The molecule has 0 aromatic heterocycles. The summed E-state index contributed by atoms with van der Waals surface area (Å²) in [7, 11) is -3.58. The molecule has 1 fully saturated rings. The molecular formula is C15H24N2O3S. The van der Waals surface area contributed by atoms with Gasteiger partial charge in [0.15, 0.2) is 0 Å². The minimum absolute atomic E-state index is 0.309. The molecule has 1 unspecified atom stereocenters. The molecular weight excluding hydrogens is 288 g/mol. The van der Waals surface area contributed by atoms with Crippen molar-refractivity contribution in [3.05, 3.63) is 23.3 Å². The monoisotopic (exact) mass is 312 g/mol. The summed E-state index contributed by atoms with van der Waals surface area (Å²) in [6.07, 6.45) is 1.73. The maximum Gasteiger partial charge on any atom is 0.243 e. The summed E-state index contributed by atoms with van der Waals surface area (Å²) in [5, 5.41) is 10.1. The standard InChI is InChI=1S/C15H24N2O3S/c1-11-5-6-13(16)12(2)14(11)21(19,20)17-9-4-7-15(3,18)8-10-17/h5-6,18H,4,7-10,16H2,1-3H3. The van der Waals surface area contributed by atoms with Crippen LogP contribution in [0.25, 0.3) is 0 Å². The molecule has 1 aliphatic heterocycles. The van der Waals surface area contributed by atoms with E-state index < -0.39 is 15.6 Å². The molecule has 5 nitrogen and oxygen atoms in total. The molecule has 0 spiro atoms. The van der Waals surface area contributed by atoms with E-state index in [1.54, 1.807) is 32.9 Å². The molecule has 1 heterocycles. The van der Waals surface area contributed by atoms with Gasteiger partial charge in [0.2, 0.25) is 10.0 Å². The summed E-state index contributed by atoms with van der Waals surface area (Å²) in [5.74, 6) is 0. The van der Waals surface area contributed by atoms with Crippen LogP contribution in [0.3, 0.4) is 0 Å². The molecule has 2 rings (SSSR count). The van der Waals surface area contributed by atoms with Gasteiger partial charge in [0.1, 0.15) is 0 Å². The van der Waals surface area contributed by atoms with E-state index in [0.717, 1.165) is 0 Å². The number of nitrogens with two attached hydrogens (primary N) is 1. The number of rotatable bonds is 2. The number of nitrogen functional groups attached to an aromatic ring is 1. The Hall–Kier alpha value is -1.11. The number of aryl methyl sites for hydroxylation is 1. The fourth-order valence-corrected chi connectivity index (χ4v) is 4.79. The maximum absolute atomic E-state index is 12.9. The zero-order valence-electron chi connectivity index (χ0n) is 12.9. The molecule has 0 radical (unpaired) electrons. The van der Waals surface area contributed by atoms with Crippen LogP contribution in [0, 0.1) is 13.8 Å². The van der Waals surface area contributed by atoms with Crippen LogP contribution >= 0.6 is 0 Å². The van der Waals surface area contributed by atoms with Crippen molar-refractivity contribution in [3.8, 4) is 0 Å². The second-order valence-electron chi connectivity index (χ2n) is 6.18. The van der Waals surface area contributed by atoms with Crippen LogP contribution in [0.4, 0.5) is 5.69 Å². The Labute approximate surface area is 126 Å². The number of hydrogen-bond donors (Lipinski definition) is 2. The molecule has 0 amide bonds. The van der Waals surface area contributed by atoms with Gasteiger partial charge >= 0.3 is 0 Å². The number of sulfonamides is 1. The lowest BCUT2D eigenvalue weighted by molar-refractivity contribution is 0.0465. The van der Waals surface area contributed by atoms with E-state index in [1.807, 2.05) is 0 Å². The van der Waals surface area contributed by atoms with Gasteiger partial charge in [-0.2, -0.15) is 4.31 Å². The van der Waals surface area contributed by atoms with Gasteiger partial charge in [-0.25, -0.2) is 8.42 Å². The lowest BCUT2D eigenvalue weighted by Crippen LogP contribution is -2.34. The van der Waals surface area contributed by atoms with Crippen molar-refractivity contribution in [3.63, 3.8) is 0 Å². The van der Waals surface area contributed by atoms with Crippen molar-refractivity contribution in [2.24, 2.45) is 0 Å². The number of anilines is 1. The largest absolute Gasteiger partial charge is 0.398 e. The zero-order valence-corrected chi connectivity index (χ0v) is 13.7. The van der Waals surface area contributed by atoms with Gasteiger partial charge in [0.05, 0.1) is 10.5 Å². The van der Waals surface area contributed by atoms with Crippen molar-refractivity contribution >= 4 is 15.7 Å². The van der Waals surface area contributed by atoms with E-state index in [1.165, 1.54) is 4.31 Å². The minimum atomic E-state index is -3.58. The second-order valence-corrected chi connectivity index (χ2v) is 8.06. The van der Waals surface area contributed by atoms with Gasteiger partial charge in [-0.05, 0) is 57.2 Å². The first kappa shape index (κ1) is 16.3. The molecule has 1 aromatic rings. The Morgan fingerprint density at radius 3 is 2.57 bits per heavy atom. The molecule has 1 saturated heterocycles. The summed E-state index contributed by atoms with van der Waals surface area (Å²) in [5.41, 5.74) is 6.88. The van der Waals surface area contributed by atoms with Crippen molar-refractivity contribution < 1.29 is 13.5 Å². The third-order valence-electron chi connectivity index (χ3n) is 4.27. The smallest absolute Gasteiger partial charge is 0.243 e. The first-order valence-electron chi connectivity index (χ1n) is 7.23. The van der Waals surface area contributed by atoms with Crippen molar-refractivity contribution in [2.45, 2.75) is 50.5 Å². The average molecular weight is 312 g/mol. The lowest BCUT2D eigenvalue weighted by Gasteiger charge is -2.24. The van der Waals surface area contributed by atoms with Gasteiger partial charge in [0.25, 0.3) is 0 Å². The molecule has 6 heteroatoms. The lowest BCUT2D eigenvalue weighted by atomic mass is 9.98. The molecule has 118 valence electrons. The summed E-state index contributed by atoms with van der Waals surface area (Å²) < 4.78 is 27.3. The van der Waals surface area contributed by atoms with Crippen LogP contribution < -0.4 is 5.73 Å². The summed E-state index contributed by atoms with van der Waals surface area (Å²) >= 11 is 0. The van der Waals surface area contributed by atoms with Crippen molar-refractivity contribution in [1.29, 1.82) is 0 Å². The van der Waals surface area contributed by atoms with Crippen LogP contribution in [-0.4, -0.2) is 36.5 Å². The molecule has 0 bridgehead atoms. The fourth-order valence-electron chi connectivity index (χ4n) is 2.85. The van der Waals surface area contributed by atoms with Gasteiger partial charge in [-0.1, -0.05) is 6.07 Å². The van der Waals surface area contributed by atoms with E-state index in [-0.39, 0.29) is 0 Å². The molecule has 0 aliphatic carbocycles. The fraction of sp³-hybridized carbons (Fsp3) is 0.600. The summed E-state index contributed by atoms with van der Waals surface area (Å²) in [4.78, 5) is 0.309. The Balaban J connectivity index is 2.41. The summed E-state index contributed by atoms with van der Waals surface area (Å²) in [6.45, 7) is 6.06. The van der Waals surface area contributed by atoms with Crippen molar-refractivity contribution in [2.75, 3.05) is 18.8 Å². The quantitative estimate of drug-likeness (QED) is 0.816. The maximum atomic E-state index is 12.9. The molecule has 1 atom stereocenters. The van der Waals surface area contributed by atoms with Crippen LogP contribution in [0.5, 0.6) is 0 Å².